The highest BCUT2D eigenvalue weighted by Gasteiger charge is 2.55. The number of ether oxygens (including phenoxy) is 1. The van der Waals surface area contributed by atoms with Crippen molar-refractivity contribution >= 4 is 74.8 Å². The second-order valence-electron chi connectivity index (χ2n) is 10.1. The lowest BCUT2D eigenvalue weighted by Crippen LogP contribution is -2.71. The molecular weight excluding hydrogens is 665 g/mol. The number of oxime groups is 1. The first-order valence-electron chi connectivity index (χ1n) is 14.0. The van der Waals surface area contributed by atoms with E-state index in [0.29, 0.717) is 12.2 Å². The van der Waals surface area contributed by atoms with Crippen LogP contribution in [0.3, 0.4) is 0 Å². The Bertz CT molecular complexity index is 1770. The molecule has 0 aliphatic carbocycles. The number of thiazole rings is 2. The second-order valence-corrected chi connectivity index (χ2v) is 14.2. The van der Waals surface area contributed by atoms with Crippen LogP contribution in [0.2, 0.25) is 0 Å². The maximum absolute atomic E-state index is 14.2. The number of aromatic nitrogens is 2. The van der Waals surface area contributed by atoms with Crippen LogP contribution in [0.1, 0.15) is 27.8 Å². The Morgan fingerprint density at radius 3 is 2.43 bits per heavy atom. The molecule has 2 aromatic carbocycles. The van der Waals surface area contributed by atoms with E-state index in [-0.39, 0.29) is 22.2 Å². The number of nitrogens with two attached hydrogens (primary N) is 1. The number of nitrogens with zero attached hydrogens (tertiary/aromatic N) is 4. The van der Waals surface area contributed by atoms with Gasteiger partial charge in [-0.25, -0.2) is 14.8 Å². The van der Waals surface area contributed by atoms with Crippen LogP contribution in [-0.4, -0.2) is 68.9 Å². The molecule has 11 nitrogen and oxygen atoms in total. The third-order valence-electron chi connectivity index (χ3n) is 7.21. The maximum Gasteiger partial charge on any atom is 0.356 e. The molecule has 2 atom stereocenters. The zero-order chi connectivity index (χ0) is 32.2. The molecule has 2 unspecified atom stereocenters. The topological polar surface area (TPSA) is 149 Å². The minimum atomic E-state index is -0.912. The number of benzene rings is 2. The van der Waals surface area contributed by atoms with E-state index in [1.807, 2.05) is 66.9 Å². The van der Waals surface area contributed by atoms with E-state index in [9.17, 15) is 14.4 Å². The predicted molar refractivity (Wildman–Crippen MR) is 181 cm³/mol. The molecule has 0 spiro atoms. The lowest BCUT2D eigenvalue weighted by molar-refractivity contribution is -0.154. The standard InChI is InChI=1S/C31H28N6O5S4/c1-41-36-22(21-16-45-30(32)34-21)26(38)35-23-27(39)37-24(19(15-44-28(23)37)13-20-14-33-31(43-2)46-20)29(40)42-25(17-9-5-3-6-10-17)18-11-7-4-8-12-18/h3-12,14,16,23,25,28H,13,15H2,1-2H3,(H2,32,34)(H,35,38)/b36-22-. The van der Waals surface area contributed by atoms with Gasteiger partial charge in [0.05, 0.1) is 0 Å². The van der Waals surface area contributed by atoms with Crippen molar-refractivity contribution in [3.63, 3.8) is 0 Å². The number of amides is 2. The maximum atomic E-state index is 14.2. The molecule has 1 saturated heterocycles. The molecule has 0 bridgehead atoms. The third-order valence-corrected chi connectivity index (χ3v) is 11.2. The zero-order valence-corrected chi connectivity index (χ0v) is 27.9. The normalized spacial score (nSPS) is 17.8. The molecule has 2 aromatic heterocycles. The number of thioether (sulfide) groups is 2. The summed E-state index contributed by atoms with van der Waals surface area (Å²) in [5, 5.41) is 7.89. The summed E-state index contributed by atoms with van der Waals surface area (Å²) in [4.78, 5) is 57.1. The largest absolute Gasteiger partial charge is 0.448 e. The van der Waals surface area contributed by atoms with Crippen LogP contribution in [0.25, 0.3) is 0 Å². The lowest BCUT2D eigenvalue weighted by atomic mass is 9.99. The van der Waals surface area contributed by atoms with Crippen LogP contribution >= 0.6 is 46.2 Å². The van der Waals surface area contributed by atoms with E-state index in [1.165, 1.54) is 23.8 Å². The van der Waals surface area contributed by atoms with Crippen LogP contribution in [0.4, 0.5) is 5.13 Å². The van der Waals surface area contributed by atoms with Crippen molar-refractivity contribution in [3.05, 3.63) is 105 Å². The minimum Gasteiger partial charge on any atom is -0.448 e. The first kappa shape index (κ1) is 31.8. The zero-order valence-electron chi connectivity index (χ0n) is 24.6. The molecule has 46 heavy (non-hydrogen) atoms. The number of esters is 1. The minimum absolute atomic E-state index is 0.110. The van der Waals surface area contributed by atoms with E-state index in [2.05, 4.69) is 20.4 Å². The van der Waals surface area contributed by atoms with Gasteiger partial charge in [0.1, 0.15) is 34.3 Å². The molecule has 4 heterocycles. The Balaban J connectivity index is 1.30. The first-order valence-corrected chi connectivity index (χ1v) is 17.9. The molecule has 6 rings (SSSR count). The molecule has 2 aliphatic rings. The Labute approximate surface area is 281 Å². The van der Waals surface area contributed by atoms with Crippen LogP contribution in [0.5, 0.6) is 0 Å². The molecule has 15 heteroatoms. The fourth-order valence-corrected chi connectivity index (χ4v) is 8.52. The van der Waals surface area contributed by atoms with Gasteiger partial charge in [-0.15, -0.1) is 34.4 Å². The van der Waals surface area contributed by atoms with Crippen LogP contribution in [0.15, 0.2) is 93.0 Å². The third kappa shape index (κ3) is 6.54. The van der Waals surface area contributed by atoms with Gasteiger partial charge in [-0.3, -0.25) is 14.5 Å². The molecule has 2 amide bonds. The summed E-state index contributed by atoms with van der Waals surface area (Å²) in [6.07, 6.45) is 3.48. The molecule has 0 radical (unpaired) electrons. The van der Waals surface area contributed by atoms with E-state index in [4.69, 9.17) is 15.3 Å². The van der Waals surface area contributed by atoms with Gasteiger partial charge in [0.15, 0.2) is 16.9 Å². The summed E-state index contributed by atoms with van der Waals surface area (Å²) in [7, 11) is 1.31. The van der Waals surface area contributed by atoms with Gasteiger partial charge < -0.3 is 20.6 Å². The van der Waals surface area contributed by atoms with Gasteiger partial charge >= 0.3 is 5.97 Å². The average molecular weight is 693 g/mol. The van der Waals surface area contributed by atoms with E-state index in [0.717, 1.165) is 37.3 Å². The van der Waals surface area contributed by atoms with Gasteiger partial charge in [0.2, 0.25) is 0 Å². The number of rotatable bonds is 11. The number of nitrogens with one attached hydrogen (secondary N) is 1. The number of hydrogen-bond acceptors (Lipinski definition) is 13. The Morgan fingerprint density at radius 2 is 1.85 bits per heavy atom. The van der Waals surface area contributed by atoms with E-state index < -0.39 is 35.3 Å². The average Bonchev–Trinajstić information content (AvgIpc) is 3.73. The molecule has 2 aliphatic heterocycles. The van der Waals surface area contributed by atoms with Crippen molar-refractivity contribution < 1.29 is 24.0 Å². The van der Waals surface area contributed by atoms with E-state index >= 15 is 0 Å². The van der Waals surface area contributed by atoms with Gasteiger partial charge in [-0.2, -0.15) is 0 Å². The first-order chi connectivity index (χ1) is 22.4. The molecule has 1 fully saturated rings. The van der Waals surface area contributed by atoms with Crippen molar-refractivity contribution in [2.45, 2.75) is 28.3 Å². The van der Waals surface area contributed by atoms with Crippen molar-refractivity contribution in [2.24, 2.45) is 5.16 Å². The number of carbonyl (C=O) groups is 3. The Hall–Kier alpha value is -4.18. The number of hydrogen-bond donors (Lipinski definition) is 2. The molecule has 4 aromatic rings. The van der Waals surface area contributed by atoms with Gasteiger partial charge in [-0.1, -0.05) is 77.6 Å². The van der Waals surface area contributed by atoms with Crippen LogP contribution in [0, 0.1) is 0 Å². The number of fused-ring (bicyclic) bond motifs is 1. The predicted octanol–water partition coefficient (Wildman–Crippen LogP) is 4.48. The monoisotopic (exact) mass is 692 g/mol. The highest BCUT2D eigenvalue weighted by molar-refractivity contribution is 8.00. The molecular formula is C31H28N6O5S4. The number of nitrogen functional groups attached to an aromatic ring is 1. The quantitative estimate of drug-likeness (QED) is 0.0758. The number of anilines is 1. The second kappa shape index (κ2) is 14.1. The van der Waals surface area contributed by atoms with E-state index in [1.54, 1.807) is 34.7 Å². The summed E-state index contributed by atoms with van der Waals surface area (Å²) in [6, 6.07) is 18.0. The Morgan fingerprint density at radius 1 is 1.15 bits per heavy atom. The van der Waals surface area contributed by atoms with Crippen LogP contribution < -0.4 is 11.1 Å². The fourth-order valence-electron chi connectivity index (χ4n) is 5.13. The van der Waals surface area contributed by atoms with Crippen LogP contribution in [-0.2, 0) is 30.4 Å². The van der Waals surface area contributed by atoms with Crippen molar-refractivity contribution in [1.82, 2.24) is 20.2 Å². The highest BCUT2D eigenvalue weighted by atomic mass is 32.2. The number of carbonyl (C=O) groups excluding carboxylic acids is 3. The van der Waals surface area contributed by atoms with Gasteiger partial charge in [0.25, 0.3) is 11.8 Å². The van der Waals surface area contributed by atoms with Gasteiger partial charge in [-0.05, 0) is 23.0 Å². The summed E-state index contributed by atoms with van der Waals surface area (Å²) >= 11 is 5.70. The van der Waals surface area contributed by atoms with Crippen molar-refractivity contribution in [2.75, 3.05) is 24.9 Å². The molecule has 3 N–H and O–H groups in total. The Kier molecular flexibility index (Phi) is 9.72. The summed E-state index contributed by atoms with van der Waals surface area (Å²) in [6.45, 7) is 0. The smallest absolute Gasteiger partial charge is 0.356 e. The summed E-state index contributed by atoms with van der Waals surface area (Å²) in [5.41, 5.74) is 8.41. The number of β-lactam (4-membered cyclic amide) rings is 1. The van der Waals surface area contributed by atoms with Crippen molar-refractivity contribution in [1.29, 1.82) is 0 Å². The summed E-state index contributed by atoms with van der Waals surface area (Å²) < 4.78 is 7.16. The van der Waals surface area contributed by atoms with Crippen molar-refractivity contribution in [3.8, 4) is 0 Å². The van der Waals surface area contributed by atoms with Gasteiger partial charge in [0, 0.05) is 28.6 Å². The molecule has 0 saturated carbocycles. The highest BCUT2D eigenvalue weighted by Crippen LogP contribution is 2.43. The lowest BCUT2D eigenvalue weighted by Gasteiger charge is -2.49. The fraction of sp³-hybridized carbons (Fsp3) is 0.226. The molecule has 236 valence electrons. The summed E-state index contributed by atoms with van der Waals surface area (Å²) in [5.74, 6) is -1.26. The SMILES string of the molecule is CO/N=C(\C(=O)NC1C(=O)N2C(C(=O)OC(c3ccccc3)c3ccccc3)=C(Cc3cnc(SC)s3)CSC12)c1csc(N)n1.